The maximum atomic E-state index is 12.4. The molecule has 11 nitrogen and oxygen atoms in total. The maximum Gasteiger partial charge on any atom is 0.339 e. The second kappa shape index (κ2) is 9.90. The van der Waals surface area contributed by atoms with Crippen molar-refractivity contribution < 1.29 is 27.9 Å². The van der Waals surface area contributed by atoms with Crippen LogP contribution in [0.25, 0.3) is 11.4 Å². The summed E-state index contributed by atoms with van der Waals surface area (Å²) in [6.45, 7) is 3.16. The zero-order chi connectivity index (χ0) is 26.0. The number of hydrogen-bond acceptors (Lipinski definition) is 9. The van der Waals surface area contributed by atoms with Crippen LogP contribution >= 0.6 is 0 Å². The molecular formula is C24H25N5O6S. The average Bonchev–Trinajstić information content (AvgIpc) is 3.69. The van der Waals surface area contributed by atoms with Crippen molar-refractivity contribution in [3.63, 3.8) is 0 Å². The summed E-state index contributed by atoms with van der Waals surface area (Å²) in [6.07, 6.45) is 5.30. The van der Waals surface area contributed by atoms with Gasteiger partial charge in [0.05, 0.1) is 29.3 Å². The lowest BCUT2D eigenvalue weighted by atomic mass is 10.1. The van der Waals surface area contributed by atoms with Gasteiger partial charge in [0.1, 0.15) is 16.3 Å². The number of amides is 1. The van der Waals surface area contributed by atoms with E-state index in [9.17, 15) is 23.1 Å². The predicted molar refractivity (Wildman–Crippen MR) is 132 cm³/mol. The molecule has 0 aliphatic heterocycles. The van der Waals surface area contributed by atoms with E-state index in [0.717, 1.165) is 12.8 Å². The molecule has 188 valence electrons. The van der Waals surface area contributed by atoms with Crippen molar-refractivity contribution in [1.29, 1.82) is 0 Å². The Morgan fingerprint density at radius 3 is 2.36 bits per heavy atom. The van der Waals surface area contributed by atoms with Gasteiger partial charge in [-0.25, -0.2) is 28.2 Å². The molecular weight excluding hydrogens is 486 g/mol. The summed E-state index contributed by atoms with van der Waals surface area (Å²) in [5.74, 6) is -0.639. The molecule has 1 aliphatic carbocycles. The van der Waals surface area contributed by atoms with Gasteiger partial charge in [-0.1, -0.05) is 6.07 Å². The molecule has 0 saturated heterocycles. The van der Waals surface area contributed by atoms with Crippen LogP contribution in [0.3, 0.4) is 0 Å². The van der Waals surface area contributed by atoms with Gasteiger partial charge in [0, 0.05) is 30.6 Å². The number of carbonyl (C=O) groups is 2. The lowest BCUT2D eigenvalue weighted by Crippen LogP contribution is -2.15. The molecule has 2 heterocycles. The molecule has 0 unspecified atom stereocenters. The Morgan fingerprint density at radius 2 is 1.78 bits per heavy atom. The van der Waals surface area contributed by atoms with Crippen molar-refractivity contribution in [1.82, 2.24) is 15.0 Å². The van der Waals surface area contributed by atoms with Gasteiger partial charge in [-0.2, -0.15) is 0 Å². The molecule has 1 fully saturated rings. The average molecular weight is 512 g/mol. The maximum absolute atomic E-state index is 12.4. The first kappa shape index (κ1) is 25.0. The number of anilines is 3. The Hall–Kier alpha value is -4.06. The summed E-state index contributed by atoms with van der Waals surface area (Å²) in [6, 6.07) is 6.51. The van der Waals surface area contributed by atoms with E-state index in [4.69, 9.17) is 4.74 Å². The number of sulfone groups is 1. The Morgan fingerprint density at radius 1 is 1.08 bits per heavy atom. The summed E-state index contributed by atoms with van der Waals surface area (Å²) in [4.78, 5) is 36.4. The number of aromatic carboxylic acids is 1. The van der Waals surface area contributed by atoms with E-state index in [1.54, 1.807) is 32.0 Å². The van der Waals surface area contributed by atoms with Crippen molar-refractivity contribution in [3.8, 4) is 17.1 Å². The third-order valence-electron chi connectivity index (χ3n) is 5.64. The molecule has 3 N–H and O–H groups in total. The summed E-state index contributed by atoms with van der Waals surface area (Å²) >= 11 is 0. The number of methoxy groups -OCH3 is 1. The third kappa shape index (κ3) is 5.13. The number of para-hydroxylation sites is 1. The number of carbonyl (C=O) groups excluding carboxylic acids is 1. The van der Waals surface area contributed by atoms with Crippen LogP contribution in [-0.2, 0) is 14.6 Å². The molecule has 36 heavy (non-hydrogen) atoms. The largest absolute Gasteiger partial charge is 0.494 e. The van der Waals surface area contributed by atoms with E-state index in [2.05, 4.69) is 25.6 Å². The smallest absolute Gasteiger partial charge is 0.339 e. The predicted octanol–water partition coefficient (Wildman–Crippen LogP) is 3.52. The van der Waals surface area contributed by atoms with Crippen molar-refractivity contribution in [2.75, 3.05) is 17.7 Å². The highest BCUT2D eigenvalue weighted by atomic mass is 32.2. The van der Waals surface area contributed by atoms with Crippen molar-refractivity contribution in [2.45, 2.75) is 36.8 Å². The minimum absolute atomic E-state index is 0.0122. The first-order valence-electron chi connectivity index (χ1n) is 11.2. The summed E-state index contributed by atoms with van der Waals surface area (Å²) in [5.41, 5.74) is 0.958. The molecule has 4 rings (SSSR count). The highest BCUT2D eigenvalue weighted by Crippen LogP contribution is 2.37. The van der Waals surface area contributed by atoms with E-state index in [-0.39, 0.29) is 39.6 Å². The lowest BCUT2D eigenvalue weighted by molar-refractivity contribution is -0.117. The number of nitrogens with zero attached hydrogens (tertiary/aromatic N) is 3. The Kier molecular flexibility index (Phi) is 6.88. The number of benzene rings is 1. The molecule has 0 atom stereocenters. The summed E-state index contributed by atoms with van der Waals surface area (Å²) < 4.78 is 30.4. The molecule has 1 aromatic carbocycles. The van der Waals surface area contributed by atoms with Crippen LogP contribution in [0.4, 0.5) is 17.2 Å². The van der Waals surface area contributed by atoms with Crippen LogP contribution < -0.4 is 15.4 Å². The quantitative estimate of drug-likeness (QED) is 0.388. The number of aromatic nitrogens is 3. The van der Waals surface area contributed by atoms with E-state index in [0.29, 0.717) is 17.0 Å². The number of pyridine rings is 1. The second-order valence-corrected chi connectivity index (χ2v) is 11.0. The molecule has 2 aromatic heterocycles. The molecule has 0 bridgehead atoms. The van der Waals surface area contributed by atoms with Crippen LogP contribution in [0, 0.1) is 5.92 Å². The van der Waals surface area contributed by atoms with Gasteiger partial charge in [0.15, 0.2) is 21.4 Å². The topological polar surface area (TPSA) is 160 Å². The van der Waals surface area contributed by atoms with E-state index in [1.807, 2.05) is 0 Å². The molecule has 0 spiro atoms. The number of hydrogen-bond donors (Lipinski definition) is 3. The molecule has 1 saturated carbocycles. The highest BCUT2D eigenvalue weighted by molar-refractivity contribution is 7.92. The minimum Gasteiger partial charge on any atom is -0.494 e. The third-order valence-corrected chi connectivity index (χ3v) is 7.75. The Labute approximate surface area is 207 Å². The fraction of sp³-hybridized carbons (Fsp3) is 0.292. The van der Waals surface area contributed by atoms with Crippen molar-refractivity contribution >= 4 is 38.9 Å². The van der Waals surface area contributed by atoms with Crippen LogP contribution in [0.15, 0.2) is 47.8 Å². The van der Waals surface area contributed by atoms with Crippen LogP contribution in [0.2, 0.25) is 0 Å². The van der Waals surface area contributed by atoms with Gasteiger partial charge in [0.2, 0.25) is 5.91 Å². The lowest BCUT2D eigenvalue weighted by Gasteiger charge is -2.16. The molecule has 12 heteroatoms. The number of rotatable bonds is 9. The highest BCUT2D eigenvalue weighted by Gasteiger charge is 2.30. The van der Waals surface area contributed by atoms with Crippen LogP contribution in [-0.4, -0.2) is 52.7 Å². The molecule has 1 amide bonds. The number of carboxylic acids is 1. The SMILES string of the molecule is COc1c(Nc2cc(NC(=O)C3CC3)ncc2C(=O)O)cccc1-c1ncc(S(=O)(=O)C(C)C)cn1. The van der Waals surface area contributed by atoms with Gasteiger partial charge in [0.25, 0.3) is 0 Å². The van der Waals surface area contributed by atoms with E-state index in [1.165, 1.54) is 31.8 Å². The van der Waals surface area contributed by atoms with Crippen LogP contribution in [0.5, 0.6) is 5.75 Å². The fourth-order valence-electron chi connectivity index (χ4n) is 3.42. The number of ether oxygens (including phenoxy) is 1. The molecule has 3 aromatic rings. The van der Waals surface area contributed by atoms with E-state index < -0.39 is 21.1 Å². The standard InChI is InChI=1S/C24H25N5O6S/c1-13(2)36(33,34)15-10-26-22(27-11-15)16-5-4-6-18(21(16)35-3)28-19-9-20(25-12-17(19)24(31)32)29-23(30)14-7-8-14/h4-6,9-14H,7-8H2,1-3H3,(H,31,32)(H2,25,28,29,30). The van der Waals surface area contributed by atoms with Gasteiger partial charge in [-0.15, -0.1) is 0 Å². The first-order chi connectivity index (χ1) is 17.1. The molecule has 1 aliphatic rings. The van der Waals surface area contributed by atoms with Gasteiger partial charge in [-0.3, -0.25) is 4.79 Å². The van der Waals surface area contributed by atoms with E-state index >= 15 is 0 Å². The monoisotopic (exact) mass is 511 g/mol. The number of carboxylic acid groups (broad SMARTS) is 1. The summed E-state index contributed by atoms with van der Waals surface area (Å²) in [7, 11) is -2.09. The zero-order valence-electron chi connectivity index (χ0n) is 19.8. The normalized spacial score (nSPS) is 13.3. The van der Waals surface area contributed by atoms with Crippen molar-refractivity contribution in [2.24, 2.45) is 5.92 Å². The van der Waals surface area contributed by atoms with Crippen molar-refractivity contribution in [3.05, 3.63) is 48.4 Å². The first-order valence-corrected chi connectivity index (χ1v) is 12.7. The zero-order valence-corrected chi connectivity index (χ0v) is 20.7. The van der Waals surface area contributed by atoms with Crippen LogP contribution in [0.1, 0.15) is 37.0 Å². The number of nitrogens with one attached hydrogen (secondary N) is 2. The second-order valence-electron chi connectivity index (χ2n) is 8.53. The minimum atomic E-state index is -3.53. The fourth-order valence-corrected chi connectivity index (χ4v) is 4.37. The van der Waals surface area contributed by atoms with Gasteiger partial charge >= 0.3 is 5.97 Å². The molecule has 0 radical (unpaired) electrons. The Bertz CT molecular complexity index is 1420. The van der Waals surface area contributed by atoms with Gasteiger partial charge < -0.3 is 20.5 Å². The Balaban J connectivity index is 1.69. The summed E-state index contributed by atoms with van der Waals surface area (Å²) in [5, 5.41) is 14.8. The van der Waals surface area contributed by atoms with Gasteiger partial charge in [-0.05, 0) is 38.8 Å².